The lowest BCUT2D eigenvalue weighted by Gasteiger charge is -2.11. The maximum Gasteiger partial charge on any atom is 0.240 e. The second-order valence-corrected chi connectivity index (χ2v) is 9.89. The first kappa shape index (κ1) is 22.4. The standard InChI is InChI=1S/C22H23FN4O3S2/c1-3-11-30-20-8-7-19(12-15(20)2)32(28,29)24-10-9-18-14-31-22-25-21(26-27(18)22)16-5-4-6-17(23)13-16/h4-8,12-14,24H,3,9-11H2,1-2H3. The molecule has 0 radical (unpaired) electrons. The number of ether oxygens (including phenoxy) is 1. The van der Waals surface area contributed by atoms with Crippen LogP contribution < -0.4 is 9.46 Å². The molecule has 168 valence electrons. The van der Waals surface area contributed by atoms with Crippen LogP contribution in [0.1, 0.15) is 24.6 Å². The zero-order valence-electron chi connectivity index (χ0n) is 17.7. The smallest absolute Gasteiger partial charge is 0.240 e. The molecule has 32 heavy (non-hydrogen) atoms. The van der Waals surface area contributed by atoms with Gasteiger partial charge in [0.05, 0.1) is 17.2 Å². The fourth-order valence-electron chi connectivity index (χ4n) is 3.21. The van der Waals surface area contributed by atoms with E-state index < -0.39 is 10.0 Å². The van der Waals surface area contributed by atoms with E-state index in [4.69, 9.17) is 4.74 Å². The number of nitrogens with zero attached hydrogens (tertiary/aromatic N) is 3. The van der Waals surface area contributed by atoms with Gasteiger partial charge in [0.1, 0.15) is 11.6 Å². The summed E-state index contributed by atoms with van der Waals surface area (Å²) >= 11 is 1.40. The van der Waals surface area contributed by atoms with Gasteiger partial charge in [0.25, 0.3) is 0 Å². The lowest BCUT2D eigenvalue weighted by molar-refractivity contribution is 0.315. The molecule has 0 bridgehead atoms. The first-order chi connectivity index (χ1) is 15.4. The van der Waals surface area contributed by atoms with Crippen molar-refractivity contribution >= 4 is 26.3 Å². The fraction of sp³-hybridized carbons (Fsp3) is 0.273. The molecule has 7 nitrogen and oxygen atoms in total. The number of thiazole rings is 1. The zero-order valence-corrected chi connectivity index (χ0v) is 19.3. The summed E-state index contributed by atoms with van der Waals surface area (Å²) in [6.07, 6.45) is 1.31. The molecular weight excluding hydrogens is 451 g/mol. The Labute approximate surface area is 189 Å². The van der Waals surface area contributed by atoms with Crippen molar-refractivity contribution in [3.8, 4) is 17.1 Å². The number of halogens is 1. The first-order valence-corrected chi connectivity index (χ1v) is 12.6. The third kappa shape index (κ3) is 4.82. The molecule has 0 saturated carbocycles. The monoisotopic (exact) mass is 474 g/mol. The normalized spacial score (nSPS) is 11.8. The Kier molecular flexibility index (Phi) is 6.54. The van der Waals surface area contributed by atoms with Crippen molar-refractivity contribution in [2.75, 3.05) is 13.2 Å². The third-order valence-corrected chi connectivity index (χ3v) is 7.15. The molecule has 2 aromatic carbocycles. The summed E-state index contributed by atoms with van der Waals surface area (Å²) in [6, 6.07) is 11.0. The Morgan fingerprint density at radius 2 is 2.06 bits per heavy atom. The van der Waals surface area contributed by atoms with Gasteiger partial charge in [-0.05, 0) is 49.2 Å². The van der Waals surface area contributed by atoms with Crippen LogP contribution in [0.3, 0.4) is 0 Å². The van der Waals surface area contributed by atoms with Crippen LogP contribution in [0.2, 0.25) is 0 Å². The van der Waals surface area contributed by atoms with Gasteiger partial charge in [0.2, 0.25) is 15.0 Å². The van der Waals surface area contributed by atoms with E-state index >= 15 is 0 Å². The number of aromatic nitrogens is 3. The molecule has 0 amide bonds. The molecule has 0 aliphatic rings. The van der Waals surface area contributed by atoms with E-state index in [1.807, 2.05) is 19.2 Å². The topological polar surface area (TPSA) is 85.6 Å². The number of nitrogens with one attached hydrogen (secondary N) is 1. The number of sulfonamides is 1. The van der Waals surface area contributed by atoms with Crippen LogP contribution in [0.4, 0.5) is 4.39 Å². The van der Waals surface area contributed by atoms with Crippen LogP contribution in [0, 0.1) is 12.7 Å². The molecule has 4 rings (SSSR count). The Morgan fingerprint density at radius 1 is 1.22 bits per heavy atom. The van der Waals surface area contributed by atoms with Crippen molar-refractivity contribution in [2.45, 2.75) is 31.6 Å². The summed E-state index contributed by atoms with van der Waals surface area (Å²) in [7, 11) is -3.66. The molecule has 1 N–H and O–H groups in total. The number of aryl methyl sites for hydroxylation is 1. The van der Waals surface area contributed by atoms with Crippen LogP contribution in [-0.4, -0.2) is 36.2 Å². The molecule has 0 unspecified atom stereocenters. The predicted octanol–water partition coefficient (Wildman–Crippen LogP) is 4.22. The van der Waals surface area contributed by atoms with E-state index in [0.29, 0.717) is 35.1 Å². The number of hydrogen-bond donors (Lipinski definition) is 1. The molecule has 2 aromatic heterocycles. The molecule has 0 aliphatic carbocycles. The molecule has 0 fully saturated rings. The van der Waals surface area contributed by atoms with Crippen LogP contribution in [0.5, 0.6) is 5.75 Å². The molecule has 0 aliphatic heterocycles. The van der Waals surface area contributed by atoms with E-state index in [0.717, 1.165) is 17.7 Å². The highest BCUT2D eigenvalue weighted by Crippen LogP contribution is 2.23. The van der Waals surface area contributed by atoms with Crippen molar-refractivity contribution < 1.29 is 17.5 Å². The average Bonchev–Trinajstić information content (AvgIpc) is 3.34. The minimum atomic E-state index is -3.66. The maximum atomic E-state index is 13.5. The fourth-order valence-corrected chi connectivity index (χ4v) is 5.18. The average molecular weight is 475 g/mol. The lowest BCUT2D eigenvalue weighted by atomic mass is 10.2. The largest absolute Gasteiger partial charge is 0.493 e. The van der Waals surface area contributed by atoms with Crippen LogP contribution in [0.25, 0.3) is 16.3 Å². The van der Waals surface area contributed by atoms with Crippen molar-refractivity contribution in [3.05, 3.63) is 64.9 Å². The minimum Gasteiger partial charge on any atom is -0.493 e. The quantitative estimate of drug-likeness (QED) is 0.393. The van der Waals surface area contributed by atoms with E-state index in [1.165, 1.54) is 23.5 Å². The van der Waals surface area contributed by atoms with Crippen LogP contribution in [-0.2, 0) is 16.4 Å². The predicted molar refractivity (Wildman–Crippen MR) is 122 cm³/mol. The van der Waals surface area contributed by atoms with Crippen molar-refractivity contribution in [2.24, 2.45) is 0 Å². The lowest BCUT2D eigenvalue weighted by Crippen LogP contribution is -2.26. The zero-order chi connectivity index (χ0) is 22.7. The Hall–Kier alpha value is -2.82. The maximum absolute atomic E-state index is 13.5. The highest BCUT2D eigenvalue weighted by atomic mass is 32.2. The van der Waals surface area contributed by atoms with E-state index in [-0.39, 0.29) is 17.3 Å². The van der Waals surface area contributed by atoms with Gasteiger partial charge < -0.3 is 4.74 Å². The summed E-state index contributed by atoms with van der Waals surface area (Å²) in [5.41, 5.74) is 2.19. The van der Waals surface area contributed by atoms with E-state index in [9.17, 15) is 12.8 Å². The Bertz CT molecular complexity index is 1350. The van der Waals surface area contributed by atoms with Crippen LogP contribution in [0.15, 0.2) is 52.7 Å². The summed E-state index contributed by atoms with van der Waals surface area (Å²) in [6.45, 7) is 4.63. The highest BCUT2D eigenvalue weighted by Gasteiger charge is 2.17. The van der Waals surface area contributed by atoms with E-state index in [1.54, 1.807) is 34.8 Å². The number of hydrogen-bond acceptors (Lipinski definition) is 6. The Morgan fingerprint density at radius 3 is 2.81 bits per heavy atom. The summed E-state index contributed by atoms with van der Waals surface area (Å²) in [5, 5.41) is 6.35. The van der Waals surface area contributed by atoms with Gasteiger partial charge in [-0.1, -0.05) is 19.1 Å². The molecule has 10 heteroatoms. The molecule has 0 spiro atoms. The van der Waals surface area contributed by atoms with Crippen LogP contribution >= 0.6 is 11.3 Å². The highest BCUT2D eigenvalue weighted by molar-refractivity contribution is 7.89. The molecular formula is C22H23FN4O3S2. The van der Waals surface area contributed by atoms with Gasteiger partial charge in [-0.25, -0.2) is 22.0 Å². The van der Waals surface area contributed by atoms with Gasteiger partial charge in [0.15, 0.2) is 5.82 Å². The van der Waals surface area contributed by atoms with Crippen molar-refractivity contribution in [1.29, 1.82) is 0 Å². The minimum absolute atomic E-state index is 0.198. The number of rotatable bonds is 9. The molecule has 0 atom stereocenters. The van der Waals surface area contributed by atoms with Crippen molar-refractivity contribution in [3.63, 3.8) is 0 Å². The number of benzene rings is 2. The number of fused-ring (bicyclic) bond motifs is 1. The van der Waals surface area contributed by atoms with Gasteiger partial charge in [0, 0.05) is 23.9 Å². The van der Waals surface area contributed by atoms with Gasteiger partial charge in [-0.3, -0.25) is 0 Å². The molecule has 2 heterocycles. The van der Waals surface area contributed by atoms with Gasteiger partial charge in [-0.2, -0.15) is 4.98 Å². The Balaban J connectivity index is 1.44. The van der Waals surface area contributed by atoms with Gasteiger partial charge >= 0.3 is 0 Å². The molecule has 4 aromatic rings. The first-order valence-electron chi connectivity index (χ1n) is 10.2. The van der Waals surface area contributed by atoms with Crippen molar-refractivity contribution in [1.82, 2.24) is 19.3 Å². The summed E-state index contributed by atoms with van der Waals surface area (Å²) in [5.74, 6) is 0.765. The third-order valence-electron chi connectivity index (χ3n) is 4.82. The second kappa shape index (κ2) is 9.35. The van der Waals surface area contributed by atoms with E-state index in [2.05, 4.69) is 14.8 Å². The summed E-state index contributed by atoms with van der Waals surface area (Å²) in [4.78, 5) is 5.31. The summed E-state index contributed by atoms with van der Waals surface area (Å²) < 4.78 is 48.8. The van der Waals surface area contributed by atoms with Gasteiger partial charge in [-0.15, -0.1) is 16.4 Å². The SMILES string of the molecule is CCCOc1ccc(S(=O)(=O)NCCc2csc3nc(-c4cccc(F)c4)nn23)cc1C. The molecule has 0 saturated heterocycles. The second-order valence-electron chi connectivity index (χ2n) is 7.29.